The first kappa shape index (κ1) is 12.7. The van der Waals surface area contributed by atoms with Crippen LogP contribution >= 0.6 is 0 Å². The average molecular weight is 285 g/mol. The predicted molar refractivity (Wildman–Crippen MR) is 91.4 cm³/mol. The van der Waals surface area contributed by atoms with Gasteiger partial charge >= 0.3 is 0 Å². The monoisotopic (exact) mass is 285 g/mol. The van der Waals surface area contributed by atoms with E-state index in [1.807, 2.05) is 42.5 Å². The fourth-order valence-corrected chi connectivity index (χ4v) is 2.70. The molecule has 0 bridgehead atoms. The van der Waals surface area contributed by atoms with Gasteiger partial charge in [-0.1, -0.05) is 54.6 Å². The molecule has 0 amide bonds. The predicted octanol–water partition coefficient (Wildman–Crippen LogP) is 4.48. The number of benzene rings is 3. The van der Waals surface area contributed by atoms with E-state index < -0.39 is 0 Å². The summed E-state index contributed by atoms with van der Waals surface area (Å²) in [6.07, 6.45) is 0. The van der Waals surface area contributed by atoms with Crippen molar-refractivity contribution in [2.45, 2.75) is 0 Å². The molecule has 0 aliphatic rings. The van der Waals surface area contributed by atoms with E-state index in [2.05, 4.69) is 40.5 Å². The summed E-state index contributed by atoms with van der Waals surface area (Å²) in [5, 5.41) is 9.95. The highest BCUT2D eigenvalue weighted by molar-refractivity contribution is 5.87. The fraction of sp³-hybridized carbons (Fsp3) is 0. The minimum absolute atomic E-state index is 0.746. The highest BCUT2D eigenvalue weighted by Gasteiger charge is 2.08. The zero-order chi connectivity index (χ0) is 14.9. The Labute approximate surface area is 128 Å². The van der Waals surface area contributed by atoms with E-state index in [0.717, 1.165) is 28.2 Å². The van der Waals surface area contributed by atoms with E-state index in [1.165, 1.54) is 10.8 Å². The summed E-state index contributed by atoms with van der Waals surface area (Å²) in [6.45, 7) is 0. The number of H-pyrrole nitrogens is 1. The van der Waals surface area contributed by atoms with Gasteiger partial charge in [0.15, 0.2) is 0 Å². The molecule has 0 saturated carbocycles. The van der Waals surface area contributed by atoms with Crippen molar-refractivity contribution in [1.29, 1.82) is 0 Å². The molecule has 0 aliphatic heterocycles. The van der Waals surface area contributed by atoms with Gasteiger partial charge in [0.25, 0.3) is 0 Å². The minimum atomic E-state index is 0.746. The van der Waals surface area contributed by atoms with Crippen LogP contribution < -0.4 is 5.73 Å². The van der Waals surface area contributed by atoms with Gasteiger partial charge in [-0.15, -0.1) is 0 Å². The first-order valence-corrected chi connectivity index (χ1v) is 7.21. The second kappa shape index (κ2) is 5.04. The van der Waals surface area contributed by atoms with Crippen molar-refractivity contribution in [3.05, 3.63) is 72.8 Å². The Bertz CT molecular complexity index is 953. The van der Waals surface area contributed by atoms with Gasteiger partial charge in [0.2, 0.25) is 0 Å². The Morgan fingerprint density at radius 2 is 1.55 bits per heavy atom. The number of aromatic amines is 1. The topological polar surface area (TPSA) is 54.7 Å². The molecule has 0 atom stereocenters. The first-order valence-electron chi connectivity index (χ1n) is 7.21. The molecule has 22 heavy (non-hydrogen) atoms. The number of hydrogen-bond acceptors (Lipinski definition) is 2. The van der Waals surface area contributed by atoms with Crippen LogP contribution in [0.15, 0.2) is 72.8 Å². The molecule has 4 rings (SSSR count). The number of fused-ring (bicyclic) bond motifs is 1. The quantitative estimate of drug-likeness (QED) is 0.533. The summed E-state index contributed by atoms with van der Waals surface area (Å²) in [4.78, 5) is 0. The first-order chi connectivity index (χ1) is 10.8. The molecule has 0 unspecified atom stereocenters. The lowest BCUT2D eigenvalue weighted by Gasteiger charge is -2.01. The van der Waals surface area contributed by atoms with Crippen molar-refractivity contribution in [1.82, 2.24) is 10.2 Å². The van der Waals surface area contributed by atoms with Crippen LogP contribution in [0.4, 0.5) is 5.69 Å². The molecule has 1 aromatic heterocycles. The molecule has 0 fully saturated rings. The Kier molecular flexibility index (Phi) is 2.90. The Morgan fingerprint density at radius 3 is 2.41 bits per heavy atom. The number of nitrogens with two attached hydrogens (primary N) is 1. The SMILES string of the molecule is Nc1ccccc1-c1cc(-c2ccc3ccccc3c2)n[nH]1. The number of nitrogen functional groups attached to an aromatic ring is 1. The lowest BCUT2D eigenvalue weighted by molar-refractivity contribution is 1.10. The summed E-state index contributed by atoms with van der Waals surface area (Å²) >= 11 is 0. The summed E-state index contributed by atoms with van der Waals surface area (Å²) < 4.78 is 0. The maximum Gasteiger partial charge on any atom is 0.0927 e. The molecule has 3 heteroatoms. The lowest BCUT2D eigenvalue weighted by atomic mass is 10.0. The Balaban J connectivity index is 1.78. The second-order valence-electron chi connectivity index (χ2n) is 5.32. The van der Waals surface area contributed by atoms with Gasteiger partial charge in [0.1, 0.15) is 0 Å². The zero-order valence-corrected chi connectivity index (χ0v) is 12.0. The minimum Gasteiger partial charge on any atom is -0.398 e. The molecule has 3 N–H and O–H groups in total. The third-order valence-electron chi connectivity index (χ3n) is 3.87. The molecule has 1 heterocycles. The molecule has 106 valence electrons. The molecule has 0 aliphatic carbocycles. The molecule has 0 spiro atoms. The van der Waals surface area contributed by atoms with Crippen LogP contribution in [-0.2, 0) is 0 Å². The van der Waals surface area contributed by atoms with Crippen LogP contribution in [-0.4, -0.2) is 10.2 Å². The van der Waals surface area contributed by atoms with Gasteiger partial charge in [0.05, 0.1) is 11.4 Å². The van der Waals surface area contributed by atoms with E-state index in [4.69, 9.17) is 5.73 Å². The van der Waals surface area contributed by atoms with E-state index in [1.54, 1.807) is 0 Å². The Morgan fingerprint density at radius 1 is 0.773 bits per heavy atom. The van der Waals surface area contributed by atoms with Crippen LogP contribution in [0.2, 0.25) is 0 Å². The number of para-hydroxylation sites is 1. The van der Waals surface area contributed by atoms with Gasteiger partial charge in [-0.05, 0) is 29.0 Å². The van der Waals surface area contributed by atoms with Crippen molar-refractivity contribution in [3.8, 4) is 22.5 Å². The molecule has 3 aromatic carbocycles. The maximum absolute atomic E-state index is 6.03. The number of rotatable bonds is 2. The smallest absolute Gasteiger partial charge is 0.0927 e. The van der Waals surface area contributed by atoms with E-state index in [-0.39, 0.29) is 0 Å². The largest absolute Gasteiger partial charge is 0.398 e. The fourth-order valence-electron chi connectivity index (χ4n) is 2.70. The van der Waals surface area contributed by atoms with Gasteiger partial charge in [0, 0.05) is 16.8 Å². The second-order valence-corrected chi connectivity index (χ2v) is 5.32. The zero-order valence-electron chi connectivity index (χ0n) is 12.0. The van der Waals surface area contributed by atoms with Crippen molar-refractivity contribution < 1.29 is 0 Å². The van der Waals surface area contributed by atoms with Gasteiger partial charge in [-0.2, -0.15) is 5.10 Å². The summed E-state index contributed by atoms with van der Waals surface area (Å²) in [7, 11) is 0. The van der Waals surface area contributed by atoms with E-state index >= 15 is 0 Å². The number of anilines is 1. The van der Waals surface area contributed by atoms with Crippen LogP contribution in [0.3, 0.4) is 0 Å². The normalized spacial score (nSPS) is 10.9. The lowest BCUT2D eigenvalue weighted by Crippen LogP contribution is -1.88. The highest BCUT2D eigenvalue weighted by atomic mass is 15.1. The number of nitrogens with one attached hydrogen (secondary N) is 1. The van der Waals surface area contributed by atoms with Crippen molar-refractivity contribution in [3.63, 3.8) is 0 Å². The molecule has 0 saturated heterocycles. The van der Waals surface area contributed by atoms with Crippen LogP contribution in [0, 0.1) is 0 Å². The third kappa shape index (κ3) is 2.13. The molecular formula is C19H15N3. The van der Waals surface area contributed by atoms with Crippen molar-refractivity contribution >= 4 is 16.5 Å². The summed E-state index contributed by atoms with van der Waals surface area (Å²) in [5.41, 5.74) is 10.7. The van der Waals surface area contributed by atoms with Gasteiger partial charge < -0.3 is 5.73 Å². The van der Waals surface area contributed by atoms with Crippen LogP contribution in [0.5, 0.6) is 0 Å². The van der Waals surface area contributed by atoms with E-state index in [9.17, 15) is 0 Å². The summed E-state index contributed by atoms with van der Waals surface area (Å²) in [5.74, 6) is 0. The van der Waals surface area contributed by atoms with Crippen molar-refractivity contribution in [2.24, 2.45) is 0 Å². The molecule has 4 aromatic rings. The summed E-state index contributed by atoms with van der Waals surface area (Å²) in [6, 6.07) is 24.5. The number of hydrogen-bond donors (Lipinski definition) is 2. The van der Waals surface area contributed by atoms with Crippen molar-refractivity contribution in [2.75, 3.05) is 5.73 Å². The third-order valence-corrected chi connectivity index (χ3v) is 3.87. The molecule has 0 radical (unpaired) electrons. The van der Waals surface area contributed by atoms with Crippen LogP contribution in [0.25, 0.3) is 33.3 Å². The Hall–Kier alpha value is -3.07. The number of nitrogens with zero attached hydrogens (tertiary/aromatic N) is 1. The number of aromatic nitrogens is 2. The molecule has 3 nitrogen and oxygen atoms in total. The molecular weight excluding hydrogens is 270 g/mol. The standard InChI is InChI=1S/C19H15N3/c20-17-8-4-3-7-16(17)19-12-18(21-22-19)15-10-9-13-5-1-2-6-14(13)11-15/h1-12H,20H2,(H,21,22). The van der Waals surface area contributed by atoms with Crippen LogP contribution in [0.1, 0.15) is 0 Å². The van der Waals surface area contributed by atoms with E-state index in [0.29, 0.717) is 0 Å². The van der Waals surface area contributed by atoms with Gasteiger partial charge in [-0.25, -0.2) is 0 Å². The van der Waals surface area contributed by atoms with Gasteiger partial charge in [-0.3, -0.25) is 5.10 Å². The maximum atomic E-state index is 6.03. The highest BCUT2D eigenvalue weighted by Crippen LogP contribution is 2.29. The average Bonchev–Trinajstić information content (AvgIpc) is 3.04.